The van der Waals surface area contributed by atoms with Crippen LogP contribution >= 0.6 is 11.6 Å². The smallest absolute Gasteiger partial charge is 0.346 e. The van der Waals surface area contributed by atoms with Crippen LogP contribution < -0.4 is 10.4 Å². The first-order valence-corrected chi connectivity index (χ1v) is 7.77. The van der Waals surface area contributed by atoms with Crippen molar-refractivity contribution in [2.75, 3.05) is 0 Å². The van der Waals surface area contributed by atoms with Crippen LogP contribution in [0.2, 0.25) is 5.02 Å². The molecule has 1 amide bonds. The summed E-state index contributed by atoms with van der Waals surface area (Å²) in [6, 6.07) is 13.0. The van der Waals surface area contributed by atoms with Crippen molar-refractivity contribution in [1.29, 1.82) is 5.39 Å². The zero-order valence-corrected chi connectivity index (χ0v) is 13.6. The van der Waals surface area contributed by atoms with Crippen LogP contribution in [0.5, 0.6) is 0 Å². The number of hydrogen-bond acceptors (Lipinski definition) is 4. The number of nitrogens with zero attached hydrogens (tertiary/aromatic N) is 2. The molecular weight excluding hydrogens is 342 g/mol. The van der Waals surface area contributed by atoms with Crippen LogP contribution in [-0.4, -0.2) is 17.3 Å². The molecule has 3 rings (SSSR count). The van der Waals surface area contributed by atoms with Gasteiger partial charge in [-0.1, -0.05) is 41.9 Å². The largest absolute Gasteiger partial charge is 0.830 e. The first-order valence-electron chi connectivity index (χ1n) is 7.40. The fourth-order valence-corrected chi connectivity index (χ4v) is 2.79. The van der Waals surface area contributed by atoms with Crippen molar-refractivity contribution in [2.24, 2.45) is 0 Å². The number of carbonyl (C=O) groups excluding carboxylic acids is 2. The van der Waals surface area contributed by atoms with Crippen LogP contribution in [-0.2, 0) is 9.59 Å². The summed E-state index contributed by atoms with van der Waals surface area (Å²) >= 11 is 5.80. The predicted octanol–water partition coefficient (Wildman–Crippen LogP) is 2.07. The van der Waals surface area contributed by atoms with Crippen LogP contribution in [0.15, 0.2) is 60.3 Å². The van der Waals surface area contributed by atoms with Gasteiger partial charge >= 0.3 is 6.04 Å². The molecule has 7 heteroatoms. The van der Waals surface area contributed by atoms with Crippen molar-refractivity contribution in [3.63, 3.8) is 0 Å². The summed E-state index contributed by atoms with van der Waals surface area (Å²) in [7, 11) is 0. The SMILES string of the molecule is N#[N+]C(c1ccc(Cl)cc1)C1([O-])C(=O)N/C(=C\c2ccccc2)C1=O. The molecule has 2 aromatic carbocycles. The van der Waals surface area contributed by atoms with Gasteiger partial charge in [-0.25, -0.2) is 0 Å². The highest BCUT2D eigenvalue weighted by Crippen LogP contribution is 2.34. The lowest BCUT2D eigenvalue weighted by molar-refractivity contribution is -0.440. The highest BCUT2D eigenvalue weighted by molar-refractivity contribution is 6.30. The van der Waals surface area contributed by atoms with Gasteiger partial charge < -0.3 is 10.4 Å². The number of amides is 1. The van der Waals surface area contributed by atoms with E-state index in [0.29, 0.717) is 10.6 Å². The zero-order valence-electron chi connectivity index (χ0n) is 12.8. The predicted molar refractivity (Wildman–Crippen MR) is 89.6 cm³/mol. The number of benzene rings is 2. The fraction of sp³-hybridized carbons (Fsp3) is 0.111. The maximum Gasteiger partial charge on any atom is 0.346 e. The average molecular weight is 354 g/mol. The molecule has 1 aliphatic rings. The van der Waals surface area contributed by atoms with Crippen LogP contribution in [0.1, 0.15) is 17.2 Å². The summed E-state index contributed by atoms with van der Waals surface area (Å²) in [6.07, 6.45) is 1.41. The number of halogens is 1. The molecule has 2 atom stereocenters. The fourth-order valence-electron chi connectivity index (χ4n) is 2.67. The molecule has 6 nitrogen and oxygen atoms in total. The molecule has 0 spiro atoms. The highest BCUT2D eigenvalue weighted by Gasteiger charge is 2.56. The van der Waals surface area contributed by atoms with Gasteiger partial charge in [0.05, 0.1) is 5.70 Å². The quantitative estimate of drug-likeness (QED) is 0.519. The Morgan fingerprint density at radius 3 is 2.36 bits per heavy atom. The minimum atomic E-state index is -2.79. The van der Waals surface area contributed by atoms with Crippen molar-refractivity contribution < 1.29 is 14.7 Å². The Balaban J connectivity index is 2.01. The summed E-state index contributed by atoms with van der Waals surface area (Å²) < 4.78 is 0. The molecular formula is C18H12ClN3O3. The third kappa shape index (κ3) is 2.91. The van der Waals surface area contributed by atoms with Gasteiger partial charge in [-0.05, 0) is 35.9 Å². The van der Waals surface area contributed by atoms with E-state index in [1.54, 1.807) is 30.3 Å². The standard InChI is InChI=1S/C18H12ClN3O3/c19-13-8-6-12(7-9-13)15(22-20)18(25)16(23)14(21-17(18)24)10-11-4-2-1-3-5-11/h1-10,15H,(H,21,24)/b14-10-. The molecule has 0 saturated carbocycles. The van der Waals surface area contributed by atoms with E-state index < -0.39 is 23.3 Å². The Labute approximate surface area is 148 Å². The molecule has 0 aliphatic carbocycles. The molecule has 1 fully saturated rings. The van der Waals surface area contributed by atoms with Gasteiger partial charge in [-0.2, -0.15) is 0 Å². The molecule has 1 heterocycles. The van der Waals surface area contributed by atoms with E-state index in [1.165, 1.54) is 30.3 Å². The maximum atomic E-state index is 13.1. The monoisotopic (exact) mass is 353 g/mol. The molecule has 0 radical (unpaired) electrons. The van der Waals surface area contributed by atoms with Gasteiger partial charge in [-0.15, -0.1) is 0 Å². The Morgan fingerprint density at radius 2 is 1.76 bits per heavy atom. The zero-order chi connectivity index (χ0) is 18.0. The summed E-state index contributed by atoms with van der Waals surface area (Å²) in [6.45, 7) is 0. The van der Waals surface area contributed by atoms with E-state index in [4.69, 9.17) is 11.6 Å². The molecule has 0 aromatic heterocycles. The topological polar surface area (TPSA) is 97.4 Å². The molecule has 124 valence electrons. The second kappa shape index (κ2) is 6.48. The lowest BCUT2D eigenvalue weighted by Crippen LogP contribution is -2.58. The molecule has 1 N–H and O–H groups in total. The highest BCUT2D eigenvalue weighted by atomic mass is 35.5. The van der Waals surface area contributed by atoms with Crippen molar-refractivity contribution in [3.05, 3.63) is 81.4 Å². The van der Waals surface area contributed by atoms with Gasteiger partial charge in [0, 0.05) is 10.6 Å². The number of carbonyl (C=O) groups is 2. The molecule has 2 unspecified atom stereocenters. The van der Waals surface area contributed by atoms with Crippen molar-refractivity contribution in [1.82, 2.24) is 5.32 Å². The Hall–Kier alpha value is -3.01. The van der Waals surface area contributed by atoms with Crippen LogP contribution in [0.3, 0.4) is 0 Å². The van der Waals surface area contributed by atoms with E-state index in [0.717, 1.165) is 0 Å². The van der Waals surface area contributed by atoms with E-state index >= 15 is 0 Å². The van der Waals surface area contributed by atoms with Crippen molar-refractivity contribution >= 4 is 29.4 Å². The number of nitrogens with one attached hydrogen (secondary N) is 1. The summed E-state index contributed by atoms with van der Waals surface area (Å²) in [5.74, 6) is -2.03. The third-order valence-corrected chi connectivity index (χ3v) is 4.22. The number of ketones is 1. The van der Waals surface area contributed by atoms with Crippen LogP contribution in [0.25, 0.3) is 11.1 Å². The number of hydrogen-bond donors (Lipinski definition) is 1. The number of Topliss-reactive ketones (excluding diaryl/α,β-unsaturated/α-hetero) is 1. The minimum absolute atomic E-state index is 0.131. The lowest BCUT2D eigenvalue weighted by Gasteiger charge is -2.27. The van der Waals surface area contributed by atoms with E-state index in [9.17, 15) is 20.1 Å². The van der Waals surface area contributed by atoms with Gasteiger partial charge in [0.1, 0.15) is 10.6 Å². The summed E-state index contributed by atoms with van der Waals surface area (Å²) in [4.78, 5) is 27.9. The second-order valence-electron chi connectivity index (χ2n) is 5.56. The van der Waals surface area contributed by atoms with E-state index in [-0.39, 0.29) is 11.3 Å². The molecule has 1 aliphatic heterocycles. The number of rotatable bonds is 3. The first kappa shape index (κ1) is 16.8. The van der Waals surface area contributed by atoms with Gasteiger partial charge in [0.25, 0.3) is 0 Å². The molecule has 2 aromatic rings. The van der Waals surface area contributed by atoms with E-state index in [2.05, 4.69) is 10.3 Å². The minimum Gasteiger partial charge on any atom is -0.830 e. The number of diazo groups is 1. The summed E-state index contributed by atoms with van der Waals surface area (Å²) in [5, 5.41) is 25.1. The second-order valence-corrected chi connectivity index (χ2v) is 5.99. The third-order valence-electron chi connectivity index (χ3n) is 3.96. The normalized spacial score (nSPS) is 22.5. The molecule has 25 heavy (non-hydrogen) atoms. The Morgan fingerprint density at radius 1 is 1.12 bits per heavy atom. The van der Waals surface area contributed by atoms with E-state index in [1.807, 2.05) is 0 Å². The van der Waals surface area contributed by atoms with Crippen molar-refractivity contribution in [3.8, 4) is 0 Å². The maximum absolute atomic E-state index is 13.1. The average Bonchev–Trinajstić information content (AvgIpc) is 2.83. The first-order chi connectivity index (χ1) is 12.0. The summed E-state index contributed by atoms with van der Waals surface area (Å²) in [5.41, 5.74) is -2.05. The van der Waals surface area contributed by atoms with Gasteiger partial charge in [-0.3, -0.25) is 9.59 Å². The lowest BCUT2D eigenvalue weighted by atomic mass is 9.86. The van der Waals surface area contributed by atoms with Crippen LogP contribution in [0, 0.1) is 5.39 Å². The van der Waals surface area contributed by atoms with Gasteiger partial charge in [0.2, 0.25) is 11.3 Å². The Kier molecular flexibility index (Phi) is 4.36. The molecule has 1 saturated heterocycles. The van der Waals surface area contributed by atoms with Crippen molar-refractivity contribution in [2.45, 2.75) is 11.6 Å². The van der Waals surface area contributed by atoms with Gasteiger partial charge in [0.15, 0.2) is 5.78 Å². The molecule has 0 bridgehead atoms. The van der Waals surface area contributed by atoms with Crippen LogP contribution in [0.4, 0.5) is 0 Å². The Bertz CT molecular complexity index is 903.